The van der Waals surface area contributed by atoms with Crippen molar-refractivity contribution < 1.29 is 18.0 Å². The van der Waals surface area contributed by atoms with Gasteiger partial charge in [0.2, 0.25) is 21.8 Å². The molecule has 1 N–H and O–H groups in total. The molecule has 5 rings (SSSR count). The van der Waals surface area contributed by atoms with Crippen LogP contribution in [0, 0.1) is 5.92 Å². The molecule has 174 valence electrons. The minimum atomic E-state index is -3.72. The standard InChI is InChI=1S/C25H29N3O4S/c29-24-9-3-7-19-15-22(10-11-23(19)26-24)33(31,32)28-13-4-8-21(17-28)25(30)27-14-12-18-5-1-2-6-20(18)16-27/h1-2,5-6,10-11,15,21H,3-4,7-9,12-14,16-17H2,(H,26,29). The van der Waals surface area contributed by atoms with Crippen molar-refractivity contribution in [1.82, 2.24) is 9.21 Å². The Morgan fingerprint density at radius 1 is 0.939 bits per heavy atom. The number of hydrogen-bond acceptors (Lipinski definition) is 4. The molecule has 2 aromatic carbocycles. The predicted molar refractivity (Wildman–Crippen MR) is 125 cm³/mol. The summed E-state index contributed by atoms with van der Waals surface area (Å²) in [5.41, 5.74) is 4.00. The lowest BCUT2D eigenvalue weighted by Gasteiger charge is -2.36. The second-order valence-electron chi connectivity index (χ2n) is 9.20. The molecule has 0 saturated carbocycles. The summed E-state index contributed by atoms with van der Waals surface area (Å²) < 4.78 is 28.4. The zero-order valence-electron chi connectivity index (χ0n) is 18.6. The molecule has 1 unspecified atom stereocenters. The van der Waals surface area contributed by atoms with Crippen LogP contribution in [0.4, 0.5) is 5.69 Å². The highest BCUT2D eigenvalue weighted by atomic mass is 32.2. The molecule has 1 saturated heterocycles. The van der Waals surface area contributed by atoms with Gasteiger partial charge >= 0.3 is 0 Å². The molecule has 0 aromatic heterocycles. The van der Waals surface area contributed by atoms with Crippen molar-refractivity contribution in [2.75, 3.05) is 25.0 Å². The molecule has 3 aliphatic heterocycles. The summed E-state index contributed by atoms with van der Waals surface area (Å²) in [6.07, 6.45) is 4.01. The maximum atomic E-state index is 13.4. The minimum Gasteiger partial charge on any atom is -0.338 e. The number of benzene rings is 2. The van der Waals surface area contributed by atoms with Crippen LogP contribution in [-0.2, 0) is 39.0 Å². The van der Waals surface area contributed by atoms with E-state index in [0.717, 1.165) is 12.0 Å². The number of carbonyl (C=O) groups is 2. The van der Waals surface area contributed by atoms with Crippen molar-refractivity contribution >= 4 is 27.5 Å². The third-order valence-electron chi connectivity index (χ3n) is 7.01. The van der Waals surface area contributed by atoms with Crippen molar-refractivity contribution in [3.05, 3.63) is 59.2 Å². The van der Waals surface area contributed by atoms with E-state index in [1.165, 1.54) is 15.4 Å². The topological polar surface area (TPSA) is 86.8 Å². The Bertz CT molecular complexity index is 1190. The summed E-state index contributed by atoms with van der Waals surface area (Å²) in [5.74, 6) is -0.310. The van der Waals surface area contributed by atoms with Crippen LogP contribution in [0.25, 0.3) is 0 Å². The van der Waals surface area contributed by atoms with Gasteiger partial charge < -0.3 is 10.2 Å². The molecule has 2 aromatic rings. The van der Waals surface area contributed by atoms with Gasteiger partial charge in [0.05, 0.1) is 10.8 Å². The van der Waals surface area contributed by atoms with Gasteiger partial charge in [-0.1, -0.05) is 24.3 Å². The van der Waals surface area contributed by atoms with E-state index in [-0.39, 0.29) is 29.2 Å². The number of nitrogens with one attached hydrogen (secondary N) is 1. The Morgan fingerprint density at radius 2 is 1.76 bits per heavy atom. The monoisotopic (exact) mass is 467 g/mol. The van der Waals surface area contributed by atoms with Crippen LogP contribution in [0.5, 0.6) is 0 Å². The lowest BCUT2D eigenvalue weighted by atomic mass is 9.95. The summed E-state index contributed by atoms with van der Waals surface area (Å²) in [7, 11) is -3.72. The van der Waals surface area contributed by atoms with Crippen LogP contribution < -0.4 is 5.32 Å². The summed E-state index contributed by atoms with van der Waals surface area (Å²) in [6.45, 7) is 1.90. The van der Waals surface area contributed by atoms with E-state index in [2.05, 4.69) is 17.4 Å². The highest BCUT2D eigenvalue weighted by molar-refractivity contribution is 7.89. The molecular formula is C25H29N3O4S. The third kappa shape index (κ3) is 4.42. The van der Waals surface area contributed by atoms with E-state index in [0.29, 0.717) is 57.4 Å². The van der Waals surface area contributed by atoms with Crippen molar-refractivity contribution in [3.8, 4) is 0 Å². The molecule has 8 heteroatoms. The number of hydrogen-bond donors (Lipinski definition) is 1. The summed E-state index contributed by atoms with van der Waals surface area (Å²) in [4.78, 5) is 27.2. The largest absolute Gasteiger partial charge is 0.338 e. The molecule has 0 aliphatic carbocycles. The Balaban J connectivity index is 1.32. The van der Waals surface area contributed by atoms with Gasteiger partial charge in [-0.3, -0.25) is 9.59 Å². The molecule has 1 fully saturated rings. The molecule has 0 radical (unpaired) electrons. The van der Waals surface area contributed by atoms with E-state index in [1.54, 1.807) is 18.2 Å². The van der Waals surface area contributed by atoms with Gasteiger partial charge in [0.1, 0.15) is 0 Å². The molecular weight excluding hydrogens is 438 g/mol. The van der Waals surface area contributed by atoms with E-state index < -0.39 is 10.0 Å². The number of carbonyl (C=O) groups excluding carboxylic acids is 2. The van der Waals surface area contributed by atoms with Crippen LogP contribution in [0.1, 0.15) is 42.4 Å². The number of aryl methyl sites for hydroxylation is 1. The minimum absolute atomic E-state index is 0.0397. The maximum absolute atomic E-state index is 13.4. The highest BCUT2D eigenvalue weighted by Gasteiger charge is 2.36. The fraction of sp³-hybridized carbons (Fsp3) is 0.440. The second kappa shape index (κ2) is 8.91. The van der Waals surface area contributed by atoms with Crippen LogP contribution in [0.2, 0.25) is 0 Å². The van der Waals surface area contributed by atoms with Gasteiger partial charge in [-0.15, -0.1) is 0 Å². The highest BCUT2D eigenvalue weighted by Crippen LogP contribution is 2.30. The lowest BCUT2D eigenvalue weighted by Crippen LogP contribution is -2.47. The number of rotatable bonds is 3. The zero-order valence-corrected chi connectivity index (χ0v) is 19.4. The Kier molecular flexibility index (Phi) is 5.97. The van der Waals surface area contributed by atoms with Gasteiger partial charge in [0.25, 0.3) is 0 Å². The number of amides is 2. The molecule has 7 nitrogen and oxygen atoms in total. The third-order valence-corrected chi connectivity index (χ3v) is 8.88. The van der Waals surface area contributed by atoms with Gasteiger partial charge in [-0.05, 0) is 67.0 Å². The lowest BCUT2D eigenvalue weighted by molar-refractivity contribution is -0.137. The SMILES string of the molecule is O=C1CCCc2cc(S(=O)(=O)N3CCCC(C(=O)N4CCc5ccccc5C4)C3)ccc2N1. The fourth-order valence-corrected chi connectivity index (χ4v) is 6.74. The zero-order chi connectivity index (χ0) is 23.0. The molecule has 2 amide bonds. The molecule has 3 heterocycles. The van der Waals surface area contributed by atoms with Crippen LogP contribution in [-0.4, -0.2) is 49.1 Å². The van der Waals surface area contributed by atoms with Gasteiger partial charge in [-0.25, -0.2) is 8.42 Å². The van der Waals surface area contributed by atoms with E-state index >= 15 is 0 Å². The quantitative estimate of drug-likeness (QED) is 0.752. The van der Waals surface area contributed by atoms with Crippen LogP contribution in [0.15, 0.2) is 47.4 Å². The van der Waals surface area contributed by atoms with E-state index in [1.807, 2.05) is 17.0 Å². The Labute approximate surface area is 194 Å². The maximum Gasteiger partial charge on any atom is 0.243 e. The molecule has 1 atom stereocenters. The molecule has 0 spiro atoms. The first-order chi connectivity index (χ1) is 15.9. The number of piperidine rings is 1. The fourth-order valence-electron chi connectivity index (χ4n) is 5.16. The van der Waals surface area contributed by atoms with Gasteiger partial charge in [0, 0.05) is 38.3 Å². The van der Waals surface area contributed by atoms with E-state index in [4.69, 9.17) is 0 Å². The van der Waals surface area contributed by atoms with Crippen molar-refractivity contribution in [2.24, 2.45) is 5.92 Å². The predicted octanol–water partition coefficient (Wildman–Crippen LogP) is 2.95. The Morgan fingerprint density at radius 3 is 2.61 bits per heavy atom. The van der Waals surface area contributed by atoms with Crippen molar-refractivity contribution in [3.63, 3.8) is 0 Å². The van der Waals surface area contributed by atoms with Crippen LogP contribution >= 0.6 is 0 Å². The average Bonchev–Trinajstić information content (AvgIpc) is 3.03. The molecule has 0 bridgehead atoms. The normalized spacial score (nSPS) is 21.5. The molecule has 33 heavy (non-hydrogen) atoms. The van der Waals surface area contributed by atoms with Gasteiger partial charge in [-0.2, -0.15) is 4.31 Å². The van der Waals surface area contributed by atoms with Gasteiger partial charge in [0.15, 0.2) is 0 Å². The van der Waals surface area contributed by atoms with E-state index in [9.17, 15) is 18.0 Å². The first-order valence-corrected chi connectivity index (χ1v) is 13.1. The number of fused-ring (bicyclic) bond motifs is 2. The average molecular weight is 468 g/mol. The number of sulfonamides is 1. The molecule has 3 aliphatic rings. The summed E-state index contributed by atoms with van der Waals surface area (Å²) in [6, 6.07) is 13.1. The smallest absolute Gasteiger partial charge is 0.243 e. The van der Waals surface area contributed by atoms with Crippen LogP contribution in [0.3, 0.4) is 0 Å². The summed E-state index contributed by atoms with van der Waals surface area (Å²) in [5, 5.41) is 2.85. The number of anilines is 1. The van der Waals surface area contributed by atoms with Crippen molar-refractivity contribution in [1.29, 1.82) is 0 Å². The Hall–Kier alpha value is -2.71. The first-order valence-electron chi connectivity index (χ1n) is 11.7. The summed E-state index contributed by atoms with van der Waals surface area (Å²) >= 11 is 0. The second-order valence-corrected chi connectivity index (χ2v) is 11.1. The number of nitrogens with zero attached hydrogens (tertiary/aromatic N) is 2. The van der Waals surface area contributed by atoms with Crippen molar-refractivity contribution in [2.45, 2.75) is 50.0 Å². The first kappa shape index (κ1) is 22.1.